The number of hydrogen-bond acceptors (Lipinski definition) is 2. The van der Waals surface area contributed by atoms with Gasteiger partial charge in [0, 0.05) is 27.8 Å². The van der Waals surface area contributed by atoms with Crippen molar-refractivity contribution >= 4 is 32.5 Å². The van der Waals surface area contributed by atoms with Crippen molar-refractivity contribution < 1.29 is 0 Å². The standard InChI is InChI=1S/C16H21BrN2/c1-5-9-18-16-12-7-6-8-13(17)15(12)19-11(4)14(16)10(2)3/h6-8,10H,5,9H2,1-4H3,(H,18,19). The molecule has 19 heavy (non-hydrogen) atoms. The summed E-state index contributed by atoms with van der Waals surface area (Å²) in [5.74, 6) is 0.468. The summed E-state index contributed by atoms with van der Waals surface area (Å²) in [5.41, 5.74) is 4.75. The van der Waals surface area contributed by atoms with Gasteiger partial charge in [0.25, 0.3) is 0 Å². The van der Waals surface area contributed by atoms with Crippen LogP contribution in [0.4, 0.5) is 5.69 Å². The van der Waals surface area contributed by atoms with Crippen molar-refractivity contribution in [2.75, 3.05) is 11.9 Å². The van der Waals surface area contributed by atoms with Crippen LogP contribution in [0.1, 0.15) is 44.4 Å². The van der Waals surface area contributed by atoms with Gasteiger partial charge in [-0.05, 0) is 46.8 Å². The Morgan fingerprint density at radius 2 is 2.05 bits per heavy atom. The lowest BCUT2D eigenvalue weighted by atomic mass is 9.96. The molecule has 0 aliphatic rings. The van der Waals surface area contributed by atoms with Crippen LogP contribution in [0, 0.1) is 6.92 Å². The first-order valence-electron chi connectivity index (χ1n) is 6.88. The summed E-state index contributed by atoms with van der Waals surface area (Å²) in [4.78, 5) is 4.78. The van der Waals surface area contributed by atoms with Crippen LogP contribution < -0.4 is 5.32 Å². The Balaban J connectivity index is 2.75. The molecule has 0 saturated heterocycles. The number of para-hydroxylation sites is 1. The summed E-state index contributed by atoms with van der Waals surface area (Å²) in [6, 6.07) is 6.27. The maximum Gasteiger partial charge on any atom is 0.0868 e. The van der Waals surface area contributed by atoms with Gasteiger partial charge >= 0.3 is 0 Å². The van der Waals surface area contributed by atoms with E-state index in [1.165, 1.54) is 16.6 Å². The number of anilines is 1. The van der Waals surface area contributed by atoms with Crippen molar-refractivity contribution in [1.29, 1.82) is 0 Å². The van der Waals surface area contributed by atoms with Gasteiger partial charge in [-0.25, -0.2) is 0 Å². The summed E-state index contributed by atoms with van der Waals surface area (Å²) < 4.78 is 1.06. The molecule has 2 rings (SSSR count). The number of pyridine rings is 1. The lowest BCUT2D eigenvalue weighted by Gasteiger charge is -2.19. The number of halogens is 1. The Kier molecular flexibility index (Phi) is 4.46. The van der Waals surface area contributed by atoms with Crippen LogP contribution in [0.25, 0.3) is 10.9 Å². The van der Waals surface area contributed by atoms with Crippen molar-refractivity contribution in [2.24, 2.45) is 0 Å². The summed E-state index contributed by atoms with van der Waals surface area (Å²) in [6.45, 7) is 9.74. The average Bonchev–Trinajstić information content (AvgIpc) is 2.36. The second-order valence-corrected chi connectivity index (χ2v) is 6.06. The summed E-state index contributed by atoms with van der Waals surface area (Å²) in [6.07, 6.45) is 1.12. The predicted octanol–water partition coefficient (Wildman–Crippen LogP) is 5.25. The topological polar surface area (TPSA) is 24.9 Å². The number of nitrogens with one attached hydrogen (secondary N) is 1. The molecule has 0 radical (unpaired) electrons. The lowest BCUT2D eigenvalue weighted by molar-refractivity contribution is 0.844. The molecule has 1 aromatic carbocycles. The van der Waals surface area contributed by atoms with Crippen LogP contribution >= 0.6 is 15.9 Å². The van der Waals surface area contributed by atoms with Crippen LogP contribution in [0.15, 0.2) is 22.7 Å². The minimum Gasteiger partial charge on any atom is -0.384 e. The van der Waals surface area contributed by atoms with E-state index in [1.54, 1.807) is 0 Å². The zero-order valence-electron chi connectivity index (χ0n) is 12.0. The molecular formula is C16H21BrN2. The highest BCUT2D eigenvalue weighted by Gasteiger charge is 2.16. The average molecular weight is 321 g/mol. The lowest BCUT2D eigenvalue weighted by Crippen LogP contribution is -2.08. The quantitative estimate of drug-likeness (QED) is 0.832. The molecule has 0 aliphatic carbocycles. The predicted molar refractivity (Wildman–Crippen MR) is 87.0 cm³/mol. The van der Waals surface area contributed by atoms with Crippen molar-refractivity contribution in [2.45, 2.75) is 40.0 Å². The minimum atomic E-state index is 0.468. The smallest absolute Gasteiger partial charge is 0.0868 e. The summed E-state index contributed by atoms with van der Waals surface area (Å²) >= 11 is 3.60. The molecule has 0 fully saturated rings. The highest BCUT2D eigenvalue weighted by molar-refractivity contribution is 9.10. The third kappa shape index (κ3) is 2.76. The molecule has 102 valence electrons. The van der Waals surface area contributed by atoms with Gasteiger partial charge in [0.1, 0.15) is 0 Å². The molecule has 1 heterocycles. The number of fused-ring (bicyclic) bond motifs is 1. The van der Waals surface area contributed by atoms with E-state index >= 15 is 0 Å². The molecule has 3 heteroatoms. The second-order valence-electron chi connectivity index (χ2n) is 5.20. The highest BCUT2D eigenvalue weighted by Crippen LogP contribution is 2.35. The number of aromatic nitrogens is 1. The largest absolute Gasteiger partial charge is 0.384 e. The zero-order valence-corrected chi connectivity index (χ0v) is 13.6. The Morgan fingerprint density at radius 1 is 1.32 bits per heavy atom. The molecule has 0 amide bonds. The molecule has 1 N–H and O–H groups in total. The first kappa shape index (κ1) is 14.3. The molecule has 2 nitrogen and oxygen atoms in total. The third-order valence-electron chi connectivity index (χ3n) is 3.32. The Morgan fingerprint density at radius 3 is 2.68 bits per heavy atom. The van der Waals surface area contributed by atoms with Gasteiger partial charge in [0.15, 0.2) is 0 Å². The first-order valence-corrected chi connectivity index (χ1v) is 7.68. The normalized spacial score (nSPS) is 11.3. The summed E-state index contributed by atoms with van der Waals surface area (Å²) in [7, 11) is 0. The SMILES string of the molecule is CCCNc1c(C(C)C)c(C)nc2c(Br)cccc12. The molecule has 0 spiro atoms. The van der Waals surface area contributed by atoms with E-state index in [4.69, 9.17) is 4.98 Å². The van der Waals surface area contributed by atoms with Crippen LogP contribution in [-0.4, -0.2) is 11.5 Å². The third-order valence-corrected chi connectivity index (χ3v) is 3.96. The maximum atomic E-state index is 4.78. The van der Waals surface area contributed by atoms with Gasteiger partial charge in [0.2, 0.25) is 0 Å². The number of benzene rings is 1. The van der Waals surface area contributed by atoms with Gasteiger partial charge in [0.05, 0.1) is 5.52 Å². The molecule has 0 unspecified atom stereocenters. The van der Waals surface area contributed by atoms with Crippen LogP contribution in [0.5, 0.6) is 0 Å². The van der Waals surface area contributed by atoms with E-state index < -0.39 is 0 Å². The van der Waals surface area contributed by atoms with Crippen LogP contribution in [0.3, 0.4) is 0 Å². The fourth-order valence-electron chi connectivity index (χ4n) is 2.53. The first-order chi connectivity index (χ1) is 9.06. The van der Waals surface area contributed by atoms with E-state index in [0.717, 1.165) is 28.6 Å². The minimum absolute atomic E-state index is 0.468. The van der Waals surface area contributed by atoms with E-state index in [1.807, 2.05) is 6.07 Å². The van der Waals surface area contributed by atoms with Gasteiger partial charge in [-0.3, -0.25) is 4.98 Å². The van der Waals surface area contributed by atoms with Gasteiger partial charge < -0.3 is 5.32 Å². The highest BCUT2D eigenvalue weighted by atomic mass is 79.9. The van der Waals surface area contributed by atoms with Gasteiger partial charge in [-0.15, -0.1) is 0 Å². The monoisotopic (exact) mass is 320 g/mol. The van der Waals surface area contributed by atoms with Crippen molar-refractivity contribution in [3.05, 3.63) is 33.9 Å². The number of aryl methyl sites for hydroxylation is 1. The Labute approximate surface area is 123 Å². The number of hydrogen-bond donors (Lipinski definition) is 1. The molecule has 0 atom stereocenters. The van der Waals surface area contributed by atoms with Crippen molar-refractivity contribution in [3.8, 4) is 0 Å². The van der Waals surface area contributed by atoms with Gasteiger partial charge in [-0.1, -0.05) is 32.9 Å². The van der Waals surface area contributed by atoms with Crippen molar-refractivity contribution in [3.63, 3.8) is 0 Å². The van der Waals surface area contributed by atoms with E-state index in [2.05, 4.69) is 61.1 Å². The Bertz CT molecular complexity index is 591. The number of rotatable bonds is 4. The van der Waals surface area contributed by atoms with Crippen LogP contribution in [0.2, 0.25) is 0 Å². The Hall–Kier alpha value is -1.09. The number of nitrogens with zero attached hydrogens (tertiary/aromatic N) is 1. The van der Waals surface area contributed by atoms with Crippen LogP contribution in [-0.2, 0) is 0 Å². The fourth-order valence-corrected chi connectivity index (χ4v) is 2.99. The second kappa shape index (κ2) is 5.91. The maximum absolute atomic E-state index is 4.78. The fraction of sp³-hybridized carbons (Fsp3) is 0.438. The van der Waals surface area contributed by atoms with Gasteiger partial charge in [-0.2, -0.15) is 0 Å². The van der Waals surface area contributed by atoms with E-state index in [9.17, 15) is 0 Å². The van der Waals surface area contributed by atoms with Crippen molar-refractivity contribution in [1.82, 2.24) is 4.98 Å². The molecule has 0 aliphatic heterocycles. The zero-order chi connectivity index (χ0) is 14.0. The summed E-state index contributed by atoms with van der Waals surface area (Å²) in [5, 5.41) is 4.80. The molecular weight excluding hydrogens is 300 g/mol. The van der Waals surface area contributed by atoms with E-state index in [0.29, 0.717) is 5.92 Å². The van der Waals surface area contributed by atoms with E-state index in [-0.39, 0.29) is 0 Å². The molecule has 0 bridgehead atoms. The molecule has 0 saturated carbocycles. The molecule has 2 aromatic rings. The molecule has 1 aromatic heterocycles.